The van der Waals surface area contributed by atoms with Crippen LogP contribution in [0.3, 0.4) is 0 Å². The Morgan fingerprint density at radius 3 is 2.84 bits per heavy atom. The summed E-state index contributed by atoms with van der Waals surface area (Å²) >= 11 is 0. The third-order valence-corrected chi connectivity index (χ3v) is 4.74. The van der Waals surface area contributed by atoms with Crippen LogP contribution in [0.15, 0.2) is 18.5 Å². The molecule has 1 amide bonds. The van der Waals surface area contributed by atoms with Gasteiger partial charge in [0.25, 0.3) is 5.91 Å². The van der Waals surface area contributed by atoms with Crippen molar-refractivity contribution in [2.75, 3.05) is 33.2 Å². The van der Waals surface area contributed by atoms with Crippen LogP contribution in [0.5, 0.6) is 0 Å². The number of H-pyrrole nitrogens is 1. The summed E-state index contributed by atoms with van der Waals surface area (Å²) in [5.74, 6) is 0.386. The van der Waals surface area contributed by atoms with Gasteiger partial charge < -0.3 is 20.5 Å². The minimum Gasteiger partial charge on any atom is -0.390 e. The van der Waals surface area contributed by atoms with E-state index < -0.39 is 0 Å². The number of nitrogens with zero attached hydrogens (tertiary/aromatic N) is 1. The molecule has 0 aromatic carbocycles. The molecule has 1 aromatic heterocycles. The first-order valence-electron chi connectivity index (χ1n) is 9.19. The predicted octanol–water partition coefficient (Wildman–Crippen LogP) is 2.02. The summed E-state index contributed by atoms with van der Waals surface area (Å²) in [7, 11) is 2.13. The van der Waals surface area contributed by atoms with E-state index >= 15 is 0 Å². The van der Waals surface area contributed by atoms with Crippen LogP contribution < -0.4 is 10.6 Å². The lowest BCUT2D eigenvalue weighted by atomic mass is 9.97. The Kier molecular flexibility index (Phi) is 7.73. The highest BCUT2D eigenvalue weighted by molar-refractivity contribution is 6.20. The second-order valence-electron chi connectivity index (χ2n) is 6.75. The summed E-state index contributed by atoms with van der Waals surface area (Å²) in [6.45, 7) is 5.77. The number of rotatable bonds is 9. The average Bonchev–Trinajstić information content (AvgIpc) is 3.09. The largest absolute Gasteiger partial charge is 0.390 e. The fourth-order valence-corrected chi connectivity index (χ4v) is 3.03. The van der Waals surface area contributed by atoms with Crippen molar-refractivity contribution in [2.24, 2.45) is 5.92 Å². The summed E-state index contributed by atoms with van der Waals surface area (Å²) < 4.78 is 0. The molecule has 2 rings (SSSR count). The van der Waals surface area contributed by atoms with E-state index in [4.69, 9.17) is 0 Å². The number of nitrogens with one attached hydrogen (secondary N) is 3. The Morgan fingerprint density at radius 1 is 1.40 bits per heavy atom. The van der Waals surface area contributed by atoms with Crippen molar-refractivity contribution >= 4 is 17.8 Å². The third kappa shape index (κ3) is 5.74. The van der Waals surface area contributed by atoms with E-state index in [-0.39, 0.29) is 5.91 Å². The molecule has 0 saturated carbocycles. The van der Waals surface area contributed by atoms with Crippen molar-refractivity contribution in [1.82, 2.24) is 20.5 Å². The lowest BCUT2D eigenvalue weighted by Gasteiger charge is -2.29. The molecule has 1 fully saturated rings. The quantitative estimate of drug-likeness (QED) is 0.363. The zero-order valence-electron chi connectivity index (χ0n) is 15.3. The topological polar surface area (TPSA) is 77.2 Å². The van der Waals surface area contributed by atoms with Gasteiger partial charge in [0.15, 0.2) is 6.29 Å². The summed E-state index contributed by atoms with van der Waals surface area (Å²) in [6.07, 6.45) is 8.50. The van der Waals surface area contributed by atoms with Gasteiger partial charge in [0.2, 0.25) is 0 Å². The molecule has 1 saturated heterocycles. The normalized spacial score (nSPS) is 16.6. The lowest BCUT2D eigenvalue weighted by molar-refractivity contribution is -0.115. The number of unbranched alkanes of at least 4 members (excludes halogenated alkanes) is 1. The molecular weight excluding hydrogens is 316 g/mol. The number of carbonyl (C=O) groups is 2. The third-order valence-electron chi connectivity index (χ3n) is 4.74. The molecule has 0 bridgehead atoms. The Balaban J connectivity index is 2.01. The second-order valence-corrected chi connectivity index (χ2v) is 6.75. The van der Waals surface area contributed by atoms with E-state index in [1.807, 2.05) is 0 Å². The Morgan fingerprint density at radius 2 is 2.16 bits per heavy atom. The first kappa shape index (κ1) is 19.2. The summed E-state index contributed by atoms with van der Waals surface area (Å²) in [5.41, 5.74) is 1.57. The Hall–Kier alpha value is -2.08. The van der Waals surface area contributed by atoms with Crippen LogP contribution in [0, 0.1) is 5.92 Å². The number of hydrogen-bond donors (Lipinski definition) is 3. The number of likely N-dealkylation sites (tertiary alicyclic amines) is 1. The number of aldehydes is 1. The molecule has 138 valence electrons. The van der Waals surface area contributed by atoms with E-state index in [9.17, 15) is 9.59 Å². The molecule has 0 unspecified atom stereocenters. The maximum atomic E-state index is 12.7. The zero-order valence-corrected chi connectivity index (χ0v) is 15.3. The first-order chi connectivity index (χ1) is 12.2. The second kappa shape index (κ2) is 10.0. The minimum absolute atomic E-state index is 0.134. The number of hydrogen-bond acceptors (Lipinski definition) is 4. The van der Waals surface area contributed by atoms with Crippen molar-refractivity contribution in [1.29, 1.82) is 0 Å². The van der Waals surface area contributed by atoms with Crippen LogP contribution in [0.2, 0.25) is 0 Å². The highest BCUT2D eigenvalue weighted by Gasteiger charge is 2.20. The zero-order chi connectivity index (χ0) is 18.1. The van der Waals surface area contributed by atoms with Gasteiger partial charge in [0.05, 0.1) is 11.3 Å². The molecule has 1 aromatic rings. The predicted molar refractivity (Wildman–Crippen MR) is 100 cm³/mol. The molecule has 25 heavy (non-hydrogen) atoms. The molecule has 6 heteroatoms. The van der Waals surface area contributed by atoms with Crippen LogP contribution in [-0.4, -0.2) is 55.3 Å². The van der Waals surface area contributed by atoms with Crippen LogP contribution in [0.25, 0.3) is 5.57 Å². The van der Waals surface area contributed by atoms with Gasteiger partial charge in [-0.2, -0.15) is 0 Å². The smallest absolute Gasteiger partial charge is 0.253 e. The van der Waals surface area contributed by atoms with E-state index in [0.717, 1.165) is 51.6 Å². The molecule has 0 radical (unpaired) electrons. The fourth-order valence-electron chi connectivity index (χ4n) is 3.03. The maximum absolute atomic E-state index is 12.7. The molecule has 3 N–H and O–H groups in total. The summed E-state index contributed by atoms with van der Waals surface area (Å²) in [6, 6.07) is 1.77. The molecule has 0 atom stereocenters. The van der Waals surface area contributed by atoms with Crippen LogP contribution in [0.4, 0.5) is 0 Å². The highest BCUT2D eigenvalue weighted by Crippen LogP contribution is 2.19. The van der Waals surface area contributed by atoms with Gasteiger partial charge in [-0.25, -0.2) is 0 Å². The number of aromatic nitrogens is 1. The molecule has 1 aliphatic heterocycles. The van der Waals surface area contributed by atoms with Crippen LogP contribution in [0.1, 0.15) is 48.7 Å². The van der Waals surface area contributed by atoms with E-state index in [1.54, 1.807) is 18.5 Å². The van der Waals surface area contributed by atoms with Gasteiger partial charge in [0, 0.05) is 31.0 Å². The van der Waals surface area contributed by atoms with Crippen molar-refractivity contribution in [3.63, 3.8) is 0 Å². The van der Waals surface area contributed by atoms with Crippen molar-refractivity contribution < 1.29 is 9.59 Å². The number of carbonyl (C=O) groups excluding carboxylic acids is 2. The monoisotopic (exact) mass is 346 g/mol. The van der Waals surface area contributed by atoms with Gasteiger partial charge in [-0.05, 0) is 51.4 Å². The van der Waals surface area contributed by atoms with Gasteiger partial charge in [-0.1, -0.05) is 13.3 Å². The number of amides is 1. The first-order valence-corrected chi connectivity index (χ1v) is 9.19. The fraction of sp³-hybridized carbons (Fsp3) is 0.579. The average molecular weight is 346 g/mol. The van der Waals surface area contributed by atoms with Gasteiger partial charge in [0.1, 0.15) is 0 Å². The van der Waals surface area contributed by atoms with Crippen molar-refractivity contribution in [3.8, 4) is 0 Å². The highest BCUT2D eigenvalue weighted by atomic mass is 16.1. The molecule has 6 nitrogen and oxygen atoms in total. The van der Waals surface area contributed by atoms with E-state index in [0.29, 0.717) is 29.3 Å². The van der Waals surface area contributed by atoms with Gasteiger partial charge in [-0.3, -0.25) is 9.59 Å². The standard InChI is InChI=1S/C19H30N4O2/c1-3-4-8-20-13-17(16-5-9-21-18(16)14-24)19(25)22-12-15-6-10-23(2)11-7-15/h5,9,13-15,20-21H,3-4,6-8,10-12H2,1-2H3,(H,22,25)/b17-13+. The van der Waals surface area contributed by atoms with Crippen molar-refractivity contribution in [3.05, 3.63) is 29.7 Å². The molecule has 0 aliphatic carbocycles. The van der Waals surface area contributed by atoms with Crippen LogP contribution >= 0.6 is 0 Å². The molecule has 0 spiro atoms. The number of piperidine rings is 1. The van der Waals surface area contributed by atoms with Crippen LogP contribution in [-0.2, 0) is 4.79 Å². The Labute approximate surface area is 150 Å². The van der Waals surface area contributed by atoms with E-state index in [2.05, 4.69) is 34.5 Å². The van der Waals surface area contributed by atoms with Crippen molar-refractivity contribution in [2.45, 2.75) is 32.6 Å². The molecular formula is C19H30N4O2. The Bertz CT molecular complexity index is 586. The summed E-state index contributed by atoms with van der Waals surface area (Å²) in [4.78, 5) is 29.1. The van der Waals surface area contributed by atoms with Gasteiger partial charge in [-0.15, -0.1) is 0 Å². The molecule has 1 aliphatic rings. The minimum atomic E-state index is -0.134. The maximum Gasteiger partial charge on any atom is 0.253 e. The van der Waals surface area contributed by atoms with Gasteiger partial charge >= 0.3 is 0 Å². The lowest BCUT2D eigenvalue weighted by Crippen LogP contribution is -2.37. The van der Waals surface area contributed by atoms with E-state index in [1.165, 1.54) is 0 Å². The SMILES string of the molecule is CCCCN/C=C(/C(=O)NCC1CCN(C)CC1)c1cc[nH]c1C=O. The summed E-state index contributed by atoms with van der Waals surface area (Å²) in [5, 5.41) is 6.24. The molecule has 2 heterocycles. The number of aromatic amines is 1.